The monoisotopic (exact) mass is 436 g/mol. The van der Waals surface area contributed by atoms with Gasteiger partial charge in [0.25, 0.3) is 0 Å². The number of amides is 1. The summed E-state index contributed by atoms with van der Waals surface area (Å²) in [6, 6.07) is 3.29. The first-order valence-corrected chi connectivity index (χ1v) is 10.3. The zero-order valence-corrected chi connectivity index (χ0v) is 17.2. The summed E-state index contributed by atoms with van der Waals surface area (Å²) < 4.78 is 11.2. The second kappa shape index (κ2) is 7.64. The number of nitrogens with zero attached hydrogens (tertiary/aromatic N) is 1. The van der Waals surface area contributed by atoms with Crippen molar-refractivity contribution in [1.82, 2.24) is 10.2 Å². The SMILES string of the molecule is CC(N)(CN1CC(Oc2ccc3c(c2C(=O)O)O[B-](O)(O)C2CC32)C1)C(=O)NCCO. The largest absolute Gasteiger partial charge is 0.669 e. The molecule has 2 fully saturated rings. The highest BCUT2D eigenvalue weighted by molar-refractivity contribution is 6.62. The number of nitrogens with two attached hydrogens (primary N) is 1. The van der Waals surface area contributed by atoms with Crippen molar-refractivity contribution < 1.29 is 39.2 Å². The van der Waals surface area contributed by atoms with E-state index in [2.05, 4.69) is 5.32 Å². The molecule has 2 aliphatic heterocycles. The normalized spacial score (nSPS) is 25.8. The average molecular weight is 436 g/mol. The van der Waals surface area contributed by atoms with Crippen LogP contribution in [0.15, 0.2) is 12.1 Å². The van der Waals surface area contributed by atoms with Crippen LogP contribution in [0.4, 0.5) is 0 Å². The number of rotatable bonds is 8. The summed E-state index contributed by atoms with van der Waals surface area (Å²) >= 11 is 0. The first-order valence-electron chi connectivity index (χ1n) is 10.3. The van der Waals surface area contributed by atoms with E-state index in [4.69, 9.17) is 20.2 Å². The number of carboxylic acid groups (broad SMARTS) is 1. The highest BCUT2D eigenvalue weighted by Crippen LogP contribution is 2.63. The molecular formula is C19H27BN3O8-. The average Bonchev–Trinajstić information content (AvgIpc) is 3.45. The van der Waals surface area contributed by atoms with Gasteiger partial charge in [0.05, 0.1) is 12.4 Å². The first-order chi connectivity index (χ1) is 14.5. The lowest BCUT2D eigenvalue weighted by molar-refractivity contribution is -0.127. The van der Waals surface area contributed by atoms with Crippen LogP contribution in [0, 0.1) is 0 Å². The molecule has 1 aliphatic carbocycles. The lowest BCUT2D eigenvalue weighted by atomic mass is 9.68. The molecule has 1 aromatic carbocycles. The van der Waals surface area contributed by atoms with Gasteiger partial charge in [0.15, 0.2) is 0 Å². The summed E-state index contributed by atoms with van der Waals surface area (Å²) in [5.74, 6) is -2.12. The molecule has 31 heavy (non-hydrogen) atoms. The van der Waals surface area contributed by atoms with Gasteiger partial charge in [-0.1, -0.05) is 18.3 Å². The van der Waals surface area contributed by atoms with Gasteiger partial charge in [-0.05, 0) is 24.5 Å². The molecule has 170 valence electrons. The Kier molecular flexibility index (Phi) is 5.38. The van der Waals surface area contributed by atoms with E-state index in [9.17, 15) is 24.7 Å². The number of ether oxygens (including phenoxy) is 1. The molecule has 3 aliphatic rings. The highest BCUT2D eigenvalue weighted by Gasteiger charge is 2.55. The third-order valence-electron chi connectivity index (χ3n) is 6.14. The van der Waals surface area contributed by atoms with E-state index in [1.165, 1.54) is 0 Å². The van der Waals surface area contributed by atoms with E-state index in [1.807, 2.05) is 4.90 Å². The summed E-state index contributed by atoms with van der Waals surface area (Å²) in [4.78, 5) is 25.9. The molecule has 1 saturated carbocycles. The molecule has 1 aromatic rings. The number of likely N-dealkylation sites (tertiary alicyclic amines) is 1. The highest BCUT2D eigenvalue weighted by atomic mass is 16.6. The maximum Gasteiger partial charge on any atom is 0.434 e. The van der Waals surface area contributed by atoms with E-state index in [0.29, 0.717) is 25.1 Å². The number of carboxylic acids is 1. The Morgan fingerprint density at radius 2 is 2.10 bits per heavy atom. The summed E-state index contributed by atoms with van der Waals surface area (Å²) in [5, 5.41) is 41.3. The summed E-state index contributed by atoms with van der Waals surface area (Å²) in [5.41, 5.74) is 5.36. The van der Waals surface area contributed by atoms with Crippen molar-refractivity contribution in [2.45, 2.75) is 36.7 Å². The van der Waals surface area contributed by atoms with Crippen molar-refractivity contribution in [3.05, 3.63) is 23.3 Å². The minimum absolute atomic E-state index is 0.0417. The quantitative estimate of drug-likeness (QED) is 0.262. The van der Waals surface area contributed by atoms with E-state index in [1.54, 1.807) is 19.1 Å². The molecule has 2 heterocycles. The van der Waals surface area contributed by atoms with Crippen molar-refractivity contribution in [2.75, 3.05) is 32.8 Å². The fourth-order valence-corrected chi connectivity index (χ4v) is 4.43. The van der Waals surface area contributed by atoms with E-state index >= 15 is 0 Å². The van der Waals surface area contributed by atoms with Gasteiger partial charge in [-0.15, -0.1) is 0 Å². The van der Waals surface area contributed by atoms with Crippen molar-refractivity contribution in [2.24, 2.45) is 5.73 Å². The van der Waals surface area contributed by atoms with Gasteiger partial charge in [0.2, 0.25) is 5.91 Å². The molecule has 3 unspecified atom stereocenters. The molecule has 4 rings (SSSR count). The Bertz CT molecular complexity index is 902. The molecule has 0 spiro atoms. The number of hydrogen-bond acceptors (Lipinski definition) is 9. The Morgan fingerprint density at radius 1 is 1.39 bits per heavy atom. The molecule has 12 heteroatoms. The van der Waals surface area contributed by atoms with Crippen LogP contribution < -0.4 is 20.4 Å². The van der Waals surface area contributed by atoms with Crippen molar-refractivity contribution >= 4 is 18.6 Å². The van der Waals surface area contributed by atoms with E-state index < -0.39 is 24.1 Å². The third kappa shape index (κ3) is 4.09. The topological polar surface area (TPSA) is 175 Å². The number of carbonyl (C=O) groups is 2. The van der Waals surface area contributed by atoms with E-state index in [0.717, 1.165) is 0 Å². The predicted molar refractivity (Wildman–Crippen MR) is 109 cm³/mol. The van der Waals surface area contributed by atoms with E-state index in [-0.39, 0.29) is 54.7 Å². The molecule has 7 N–H and O–H groups in total. The molecule has 0 aromatic heterocycles. The second-order valence-electron chi connectivity index (χ2n) is 8.88. The lowest BCUT2D eigenvalue weighted by Crippen LogP contribution is -2.64. The second-order valence-corrected chi connectivity index (χ2v) is 8.88. The van der Waals surface area contributed by atoms with Gasteiger partial charge >= 0.3 is 12.7 Å². The number of hydrogen-bond donors (Lipinski definition) is 6. The van der Waals surface area contributed by atoms with Crippen LogP contribution in [0.3, 0.4) is 0 Å². The van der Waals surface area contributed by atoms with Gasteiger partial charge in [-0.25, -0.2) is 4.79 Å². The zero-order valence-electron chi connectivity index (χ0n) is 17.2. The fraction of sp³-hybridized carbons (Fsp3) is 0.579. The summed E-state index contributed by atoms with van der Waals surface area (Å²) in [6.07, 6.45) is 0.226. The van der Waals surface area contributed by atoms with Crippen LogP contribution in [0.1, 0.15) is 35.2 Å². The molecular weight excluding hydrogens is 409 g/mol. The maximum absolute atomic E-state index is 12.1. The summed E-state index contributed by atoms with van der Waals surface area (Å²) in [7, 11) is 0. The van der Waals surface area contributed by atoms with Crippen LogP contribution in [0.2, 0.25) is 5.82 Å². The van der Waals surface area contributed by atoms with Crippen LogP contribution >= 0.6 is 0 Å². The Hall–Kier alpha value is -2.38. The van der Waals surface area contributed by atoms with Gasteiger partial charge in [0.1, 0.15) is 23.0 Å². The molecule has 0 radical (unpaired) electrons. The molecule has 1 saturated heterocycles. The first kappa shape index (κ1) is 21.8. The standard InChI is InChI=1S/C19H27BN3O8/c1-19(21,18(27)22-4-5-24)9-23-7-10(8-23)30-14-3-2-11-12-6-13(12)20(28,29)31-16(11)15(14)17(25)26/h2-3,10,12-13,24,28-29H,4-9,21H2,1H3,(H,22,27)(H,25,26)/q-1. The Balaban J connectivity index is 1.41. The Labute approximate surface area is 178 Å². The van der Waals surface area contributed by atoms with Gasteiger partial charge in [-0.3, -0.25) is 9.69 Å². The van der Waals surface area contributed by atoms with Gasteiger partial charge in [-0.2, -0.15) is 0 Å². The van der Waals surface area contributed by atoms with Crippen LogP contribution in [0.5, 0.6) is 11.5 Å². The zero-order chi connectivity index (χ0) is 22.6. The van der Waals surface area contributed by atoms with Crippen LogP contribution in [0.25, 0.3) is 0 Å². The predicted octanol–water partition coefficient (Wildman–Crippen LogP) is -1.55. The molecule has 11 nitrogen and oxygen atoms in total. The molecule has 1 amide bonds. The Morgan fingerprint density at radius 3 is 2.74 bits per heavy atom. The van der Waals surface area contributed by atoms with Crippen molar-refractivity contribution in [3.8, 4) is 11.5 Å². The number of benzene rings is 1. The molecule has 0 bridgehead atoms. The maximum atomic E-state index is 12.1. The molecule has 3 atom stereocenters. The minimum Gasteiger partial charge on any atom is -0.669 e. The number of nitrogens with one attached hydrogen (secondary N) is 1. The number of carbonyl (C=O) groups excluding carboxylic acids is 1. The third-order valence-corrected chi connectivity index (χ3v) is 6.14. The van der Waals surface area contributed by atoms with Gasteiger partial charge in [0, 0.05) is 26.2 Å². The number of aliphatic hydroxyl groups excluding tert-OH is 1. The van der Waals surface area contributed by atoms with Gasteiger partial charge < -0.3 is 40.7 Å². The van der Waals surface area contributed by atoms with Crippen LogP contribution in [-0.2, 0) is 4.79 Å². The van der Waals surface area contributed by atoms with Crippen LogP contribution in [-0.4, -0.2) is 88.2 Å². The number of aromatic carboxylic acids is 1. The summed E-state index contributed by atoms with van der Waals surface area (Å²) in [6.45, 7) is -0.396. The smallest absolute Gasteiger partial charge is 0.434 e. The number of aliphatic hydroxyl groups is 1. The minimum atomic E-state index is -3.10. The number of fused-ring (bicyclic) bond motifs is 3. The van der Waals surface area contributed by atoms with Crippen molar-refractivity contribution in [1.29, 1.82) is 0 Å². The fourth-order valence-electron chi connectivity index (χ4n) is 4.43. The lowest BCUT2D eigenvalue weighted by Gasteiger charge is -2.43. The van der Waals surface area contributed by atoms with Crippen molar-refractivity contribution in [3.63, 3.8) is 0 Å².